The lowest BCUT2D eigenvalue weighted by Gasteiger charge is -2.13. The lowest BCUT2D eigenvalue weighted by Crippen LogP contribution is -2.30. The Labute approximate surface area is 155 Å². The smallest absolute Gasteiger partial charge is 0.297 e. The molecule has 3 heterocycles. The van der Waals surface area contributed by atoms with Gasteiger partial charge in [-0.15, -0.1) is 11.3 Å². The van der Waals surface area contributed by atoms with Gasteiger partial charge in [-0.3, -0.25) is 14.5 Å². The molecular weight excluding hydrogens is 446 g/mol. The van der Waals surface area contributed by atoms with Crippen molar-refractivity contribution in [2.45, 2.75) is 45.4 Å². The van der Waals surface area contributed by atoms with E-state index in [2.05, 4.69) is 38.8 Å². The molecule has 0 fully saturated rings. The van der Waals surface area contributed by atoms with Crippen molar-refractivity contribution in [1.82, 2.24) is 4.90 Å². The average Bonchev–Trinajstić information content (AvgIpc) is 3.10. The van der Waals surface area contributed by atoms with Gasteiger partial charge < -0.3 is 4.42 Å². The number of unbranched alkanes of at least 4 members (excludes halogenated alkanes) is 5. The monoisotopic (exact) mass is 461 g/mol. The third-order valence-corrected chi connectivity index (χ3v) is 6.57. The fraction of sp³-hybridized carbons (Fsp3) is 0.500. The summed E-state index contributed by atoms with van der Waals surface area (Å²) in [5.41, 5.74) is 0.984. The summed E-state index contributed by atoms with van der Waals surface area (Å²) in [6, 6.07) is 0. The van der Waals surface area contributed by atoms with Crippen LogP contribution in [0.2, 0.25) is 0 Å². The van der Waals surface area contributed by atoms with E-state index in [1.807, 2.05) is 0 Å². The van der Waals surface area contributed by atoms with Crippen LogP contribution in [0.1, 0.15) is 66.4 Å². The van der Waals surface area contributed by atoms with Crippen molar-refractivity contribution in [1.29, 1.82) is 0 Å². The first-order valence-corrected chi connectivity index (χ1v) is 10.2. The number of amides is 2. The van der Waals surface area contributed by atoms with Gasteiger partial charge in [0.1, 0.15) is 9.35 Å². The van der Waals surface area contributed by atoms with Crippen molar-refractivity contribution in [2.75, 3.05) is 6.54 Å². The molecule has 2 amide bonds. The van der Waals surface area contributed by atoms with Gasteiger partial charge in [-0.25, -0.2) is 0 Å². The summed E-state index contributed by atoms with van der Waals surface area (Å²) >= 11 is 8.30. The molecule has 0 bridgehead atoms. The van der Waals surface area contributed by atoms with Crippen LogP contribution in [0.3, 0.4) is 0 Å². The Morgan fingerprint density at radius 1 is 1.00 bits per heavy atom. The molecule has 23 heavy (non-hydrogen) atoms. The highest BCUT2D eigenvalue weighted by Gasteiger charge is 2.42. The molecule has 3 rings (SSSR count). The average molecular weight is 463 g/mol. The largest absolute Gasteiger partial charge is 0.448 e. The van der Waals surface area contributed by atoms with Crippen molar-refractivity contribution in [2.24, 2.45) is 0 Å². The van der Waals surface area contributed by atoms with Crippen LogP contribution in [0.15, 0.2) is 12.0 Å². The molecule has 2 aromatic heterocycles. The zero-order chi connectivity index (χ0) is 16.6. The maximum Gasteiger partial charge on any atom is 0.297 e. The van der Waals surface area contributed by atoms with E-state index >= 15 is 0 Å². The normalized spacial score (nSPS) is 14.3. The Hall–Kier alpha value is -0.660. The lowest BCUT2D eigenvalue weighted by molar-refractivity contribution is 0.0640. The highest BCUT2D eigenvalue weighted by atomic mass is 79.9. The van der Waals surface area contributed by atoms with Crippen LogP contribution in [0, 0.1) is 0 Å². The number of hydrogen-bond acceptors (Lipinski definition) is 4. The molecule has 1 aliphatic heterocycles. The van der Waals surface area contributed by atoms with Gasteiger partial charge in [-0.2, -0.15) is 0 Å². The number of halogens is 2. The van der Waals surface area contributed by atoms with E-state index in [0.29, 0.717) is 23.1 Å². The zero-order valence-corrected chi connectivity index (χ0v) is 16.8. The van der Waals surface area contributed by atoms with Crippen LogP contribution in [0.25, 0.3) is 11.0 Å². The second-order valence-corrected chi connectivity index (χ2v) is 9.35. The summed E-state index contributed by atoms with van der Waals surface area (Å²) in [6.07, 6.45) is 6.72. The van der Waals surface area contributed by atoms with Gasteiger partial charge >= 0.3 is 0 Å². The Balaban J connectivity index is 1.71. The van der Waals surface area contributed by atoms with Gasteiger partial charge in [-0.05, 0) is 38.3 Å². The number of thiophene rings is 1. The predicted molar refractivity (Wildman–Crippen MR) is 98.2 cm³/mol. The number of hydrogen-bond donors (Lipinski definition) is 0. The fourth-order valence-electron chi connectivity index (χ4n) is 2.89. The number of carbonyl (C=O) groups is 2. The standard InChI is InChI=1S/C16H17Br2NO3S/c1-2-3-4-5-6-7-8-19-15(20)10-9-11(14(18)23-13(9)17)22-12(10)16(19)21/h2-8H2,1H3. The predicted octanol–water partition coefficient (Wildman–Crippen LogP) is 5.98. The molecule has 0 radical (unpaired) electrons. The van der Waals surface area contributed by atoms with Crippen LogP contribution < -0.4 is 0 Å². The van der Waals surface area contributed by atoms with Gasteiger partial charge in [0, 0.05) is 6.54 Å². The van der Waals surface area contributed by atoms with E-state index in [0.717, 1.165) is 26.8 Å². The molecule has 0 atom stereocenters. The molecule has 124 valence electrons. The Kier molecular flexibility index (Phi) is 5.28. The number of rotatable bonds is 7. The molecular formula is C16H17Br2NO3S. The van der Waals surface area contributed by atoms with Gasteiger partial charge in [0.2, 0.25) is 5.76 Å². The van der Waals surface area contributed by atoms with E-state index in [-0.39, 0.29) is 17.6 Å². The van der Waals surface area contributed by atoms with Crippen molar-refractivity contribution in [3.63, 3.8) is 0 Å². The van der Waals surface area contributed by atoms with Crippen LogP contribution in [-0.2, 0) is 0 Å². The first kappa shape index (κ1) is 17.2. The summed E-state index contributed by atoms with van der Waals surface area (Å²) in [6.45, 7) is 2.66. The molecule has 0 N–H and O–H groups in total. The summed E-state index contributed by atoms with van der Waals surface area (Å²) in [5, 5.41) is 0.709. The minimum Gasteiger partial charge on any atom is -0.448 e. The third-order valence-electron chi connectivity index (χ3n) is 4.10. The zero-order valence-electron chi connectivity index (χ0n) is 12.8. The van der Waals surface area contributed by atoms with Gasteiger partial charge in [-0.1, -0.05) is 39.0 Å². The van der Waals surface area contributed by atoms with E-state index in [9.17, 15) is 9.59 Å². The molecule has 0 unspecified atom stereocenters. The minimum absolute atomic E-state index is 0.181. The van der Waals surface area contributed by atoms with Gasteiger partial charge in [0.25, 0.3) is 11.8 Å². The number of carbonyl (C=O) groups excluding carboxylic acids is 2. The molecule has 7 heteroatoms. The fourth-order valence-corrected chi connectivity index (χ4v) is 5.86. The summed E-state index contributed by atoms with van der Waals surface area (Å²) in [7, 11) is 0. The Morgan fingerprint density at radius 3 is 2.43 bits per heavy atom. The first-order chi connectivity index (χ1) is 11.1. The van der Waals surface area contributed by atoms with E-state index in [1.165, 1.54) is 35.5 Å². The maximum absolute atomic E-state index is 12.6. The summed E-state index contributed by atoms with van der Waals surface area (Å²) in [5.74, 6) is -0.359. The molecule has 0 saturated carbocycles. The number of nitrogens with zero attached hydrogens (tertiary/aromatic N) is 1. The first-order valence-electron chi connectivity index (χ1n) is 7.82. The van der Waals surface area contributed by atoms with E-state index in [1.54, 1.807) is 0 Å². The quantitative estimate of drug-likeness (QED) is 0.375. The van der Waals surface area contributed by atoms with Crippen LogP contribution >= 0.6 is 43.2 Å². The van der Waals surface area contributed by atoms with E-state index in [4.69, 9.17) is 4.42 Å². The number of imide groups is 1. The van der Waals surface area contributed by atoms with Crippen LogP contribution in [0.5, 0.6) is 0 Å². The highest BCUT2D eigenvalue weighted by molar-refractivity contribution is 9.12. The Bertz CT molecular complexity index is 765. The van der Waals surface area contributed by atoms with Gasteiger partial charge in [0.15, 0.2) is 5.58 Å². The Morgan fingerprint density at radius 2 is 1.70 bits per heavy atom. The molecule has 1 aliphatic rings. The van der Waals surface area contributed by atoms with Gasteiger partial charge in [0.05, 0.1) is 9.17 Å². The topological polar surface area (TPSA) is 50.5 Å². The molecule has 0 saturated heterocycles. The summed E-state index contributed by atoms with van der Waals surface area (Å²) in [4.78, 5) is 26.4. The number of furan rings is 1. The van der Waals surface area contributed by atoms with Crippen molar-refractivity contribution >= 4 is 66.0 Å². The van der Waals surface area contributed by atoms with Crippen molar-refractivity contribution in [3.05, 3.63) is 18.9 Å². The molecule has 4 nitrogen and oxygen atoms in total. The molecule has 0 aromatic carbocycles. The second-order valence-electron chi connectivity index (χ2n) is 5.69. The lowest BCUT2D eigenvalue weighted by atomic mass is 10.1. The van der Waals surface area contributed by atoms with E-state index < -0.39 is 0 Å². The number of fused-ring (bicyclic) bond motifs is 3. The molecule has 2 aromatic rings. The van der Waals surface area contributed by atoms with Crippen molar-refractivity contribution in [3.8, 4) is 0 Å². The third kappa shape index (κ3) is 3.03. The second kappa shape index (κ2) is 7.07. The van der Waals surface area contributed by atoms with Crippen LogP contribution in [-0.4, -0.2) is 23.3 Å². The highest BCUT2D eigenvalue weighted by Crippen LogP contribution is 2.45. The molecule has 0 aliphatic carbocycles. The molecule has 0 spiro atoms. The summed E-state index contributed by atoms with van der Waals surface area (Å²) < 4.78 is 7.26. The van der Waals surface area contributed by atoms with Crippen LogP contribution in [0.4, 0.5) is 0 Å². The minimum atomic E-state index is -0.307. The SMILES string of the molecule is CCCCCCCCN1C(=O)c2oc3c(Br)sc(Br)c3c2C1=O. The maximum atomic E-state index is 12.6. The van der Waals surface area contributed by atoms with Crippen molar-refractivity contribution < 1.29 is 14.0 Å².